The third-order valence-corrected chi connectivity index (χ3v) is 6.10. The lowest BCUT2D eigenvalue weighted by Crippen LogP contribution is -2.27. The monoisotopic (exact) mass is 418 g/mol. The van der Waals surface area contributed by atoms with E-state index in [1.165, 1.54) is 12.1 Å². The Morgan fingerprint density at radius 2 is 1.81 bits per heavy atom. The number of allylic oxidation sites excluding steroid dienone is 1. The van der Waals surface area contributed by atoms with E-state index in [2.05, 4.69) is 5.32 Å². The van der Waals surface area contributed by atoms with Crippen LogP contribution in [0.1, 0.15) is 48.2 Å². The number of benzene rings is 2. The molecule has 3 heterocycles. The van der Waals surface area contributed by atoms with Crippen LogP contribution < -0.4 is 5.32 Å². The van der Waals surface area contributed by atoms with Crippen LogP contribution in [0.3, 0.4) is 0 Å². The summed E-state index contributed by atoms with van der Waals surface area (Å²) in [6.07, 6.45) is 3.95. The van der Waals surface area contributed by atoms with Crippen molar-refractivity contribution in [1.82, 2.24) is 4.90 Å². The van der Waals surface area contributed by atoms with Crippen LogP contribution in [0.5, 0.6) is 0 Å². The first-order chi connectivity index (χ1) is 14.8. The molecule has 1 N–H and O–H groups in total. The van der Waals surface area contributed by atoms with Crippen molar-refractivity contribution in [3.63, 3.8) is 0 Å². The fourth-order valence-electron chi connectivity index (χ4n) is 4.50. The van der Waals surface area contributed by atoms with Gasteiger partial charge in [0.1, 0.15) is 17.2 Å². The number of ether oxygens (including phenoxy) is 1. The van der Waals surface area contributed by atoms with Crippen LogP contribution in [0.15, 0.2) is 54.3 Å². The molecule has 2 amide bonds. The van der Waals surface area contributed by atoms with E-state index in [-0.39, 0.29) is 11.8 Å². The average Bonchev–Trinajstić information content (AvgIpc) is 3.44. The normalized spacial score (nSPS) is 21.6. The number of amides is 2. The molecule has 0 aliphatic carbocycles. The van der Waals surface area contributed by atoms with E-state index < -0.39 is 11.4 Å². The van der Waals surface area contributed by atoms with Crippen molar-refractivity contribution in [3.05, 3.63) is 76.8 Å². The molecule has 0 aromatic heterocycles. The summed E-state index contributed by atoms with van der Waals surface area (Å²) in [5, 5.41) is 2.77. The number of anilines is 1. The van der Waals surface area contributed by atoms with E-state index in [0.29, 0.717) is 28.1 Å². The van der Waals surface area contributed by atoms with Crippen LogP contribution in [-0.2, 0) is 9.53 Å². The Morgan fingerprint density at radius 1 is 1.10 bits per heavy atom. The highest BCUT2D eigenvalue weighted by Crippen LogP contribution is 2.44. The van der Waals surface area contributed by atoms with E-state index in [4.69, 9.17) is 4.74 Å². The van der Waals surface area contributed by atoms with Crippen LogP contribution in [0.4, 0.5) is 10.1 Å². The van der Waals surface area contributed by atoms with Crippen LogP contribution in [0, 0.1) is 5.82 Å². The molecule has 2 aromatic rings. The number of nitrogens with one attached hydrogen (secondary N) is 1. The zero-order valence-electron chi connectivity index (χ0n) is 17.5. The first kappa shape index (κ1) is 19.5. The van der Waals surface area contributed by atoms with Crippen LogP contribution in [-0.4, -0.2) is 35.4 Å². The van der Waals surface area contributed by atoms with Crippen molar-refractivity contribution in [3.8, 4) is 0 Å². The van der Waals surface area contributed by atoms with Crippen LogP contribution >= 0.6 is 0 Å². The molecule has 0 spiro atoms. The van der Waals surface area contributed by atoms with E-state index in [9.17, 15) is 14.0 Å². The average molecular weight is 418 g/mol. The molecule has 0 bridgehead atoms. The number of carbonyl (C=O) groups excluding carboxylic acids is 2. The Labute approximate surface area is 180 Å². The number of fused-ring (bicyclic) bond motifs is 1. The Morgan fingerprint density at radius 3 is 2.52 bits per heavy atom. The summed E-state index contributed by atoms with van der Waals surface area (Å²) in [5.74, 6) is -0.244. The van der Waals surface area contributed by atoms with Gasteiger partial charge in [-0.25, -0.2) is 4.39 Å². The zero-order chi connectivity index (χ0) is 21.8. The number of hydrogen-bond acceptors (Lipinski definition) is 3. The number of halogens is 1. The van der Waals surface area contributed by atoms with Gasteiger partial charge in [-0.1, -0.05) is 12.1 Å². The molecule has 1 saturated heterocycles. The Balaban J connectivity index is 1.51. The minimum absolute atomic E-state index is 0.0593. The zero-order valence-corrected chi connectivity index (χ0v) is 17.5. The van der Waals surface area contributed by atoms with Gasteiger partial charge in [0.25, 0.3) is 11.8 Å². The highest BCUT2D eigenvalue weighted by atomic mass is 19.1. The summed E-state index contributed by atoms with van der Waals surface area (Å²) in [7, 11) is 0. The molecule has 0 unspecified atom stereocenters. The molecular weight excluding hydrogens is 395 g/mol. The summed E-state index contributed by atoms with van der Waals surface area (Å²) in [6.45, 7) is 5.48. The van der Waals surface area contributed by atoms with Crippen molar-refractivity contribution in [1.29, 1.82) is 0 Å². The lowest BCUT2D eigenvalue weighted by molar-refractivity contribution is -0.111. The van der Waals surface area contributed by atoms with E-state index in [1.807, 2.05) is 49.1 Å². The van der Waals surface area contributed by atoms with Gasteiger partial charge in [-0.2, -0.15) is 0 Å². The second-order valence-corrected chi connectivity index (χ2v) is 8.63. The topological polar surface area (TPSA) is 58.6 Å². The first-order valence-electron chi connectivity index (χ1n) is 10.5. The molecule has 5 nitrogen and oxygen atoms in total. The SMILES string of the molecule is CC1(C)OC(=C2C(=O)Nc3ccc(F)cc32)C=C1c1ccc(C(=O)N2CCCC2)cc1. The molecule has 1 fully saturated rings. The summed E-state index contributed by atoms with van der Waals surface area (Å²) < 4.78 is 20.0. The maximum absolute atomic E-state index is 13.8. The molecule has 31 heavy (non-hydrogen) atoms. The fourth-order valence-corrected chi connectivity index (χ4v) is 4.50. The Bertz CT molecular complexity index is 1160. The van der Waals surface area contributed by atoms with Gasteiger partial charge >= 0.3 is 0 Å². The lowest BCUT2D eigenvalue weighted by Gasteiger charge is -2.23. The van der Waals surface area contributed by atoms with Crippen molar-refractivity contribution in [2.45, 2.75) is 32.3 Å². The van der Waals surface area contributed by atoms with Crippen LogP contribution in [0.25, 0.3) is 11.1 Å². The predicted molar refractivity (Wildman–Crippen MR) is 117 cm³/mol. The van der Waals surface area contributed by atoms with E-state index >= 15 is 0 Å². The molecule has 3 aliphatic rings. The highest BCUT2D eigenvalue weighted by molar-refractivity contribution is 6.32. The summed E-state index contributed by atoms with van der Waals surface area (Å²) in [6, 6.07) is 11.7. The van der Waals surface area contributed by atoms with Gasteiger partial charge in [-0.15, -0.1) is 0 Å². The number of likely N-dealkylation sites (tertiary alicyclic amines) is 1. The van der Waals surface area contributed by atoms with Crippen molar-refractivity contribution in [2.75, 3.05) is 18.4 Å². The van der Waals surface area contributed by atoms with Gasteiger partial charge in [0.15, 0.2) is 0 Å². The minimum Gasteiger partial charge on any atom is -0.482 e. The third-order valence-electron chi connectivity index (χ3n) is 6.10. The fraction of sp³-hybridized carbons (Fsp3) is 0.280. The smallest absolute Gasteiger partial charge is 0.260 e. The van der Waals surface area contributed by atoms with Gasteiger partial charge in [0.05, 0.1) is 5.57 Å². The summed E-state index contributed by atoms with van der Waals surface area (Å²) in [5.41, 5.74) is 3.20. The predicted octanol–water partition coefficient (Wildman–Crippen LogP) is 4.62. The van der Waals surface area contributed by atoms with Crippen molar-refractivity contribution < 1.29 is 18.7 Å². The molecule has 0 atom stereocenters. The second-order valence-electron chi connectivity index (χ2n) is 8.63. The largest absolute Gasteiger partial charge is 0.482 e. The molecule has 2 aromatic carbocycles. The Kier molecular flexibility index (Phi) is 4.46. The molecule has 0 radical (unpaired) electrons. The van der Waals surface area contributed by atoms with Gasteiger partial charge < -0.3 is 15.0 Å². The van der Waals surface area contributed by atoms with Crippen molar-refractivity contribution in [2.24, 2.45) is 0 Å². The molecule has 0 saturated carbocycles. The first-order valence-corrected chi connectivity index (χ1v) is 10.5. The lowest BCUT2D eigenvalue weighted by atomic mass is 9.91. The van der Waals surface area contributed by atoms with Gasteiger partial charge in [-0.05, 0) is 68.7 Å². The highest BCUT2D eigenvalue weighted by Gasteiger charge is 2.38. The maximum Gasteiger partial charge on any atom is 0.260 e. The Hall–Kier alpha value is -3.41. The molecular formula is C25H23FN2O3. The summed E-state index contributed by atoms with van der Waals surface area (Å²) in [4.78, 5) is 27.1. The molecule has 5 rings (SSSR count). The van der Waals surface area contributed by atoms with E-state index in [0.717, 1.165) is 37.1 Å². The number of nitrogens with zero attached hydrogens (tertiary/aromatic N) is 1. The van der Waals surface area contributed by atoms with E-state index in [1.54, 1.807) is 6.07 Å². The minimum atomic E-state index is -0.681. The van der Waals surface area contributed by atoms with Gasteiger partial charge in [-0.3, -0.25) is 9.59 Å². The number of rotatable bonds is 2. The number of hydrogen-bond donors (Lipinski definition) is 1. The molecule has 3 aliphatic heterocycles. The standard InChI is InChI=1S/C25H23FN2O3/c1-25(2)19(15-5-7-16(8-6-15)24(30)28-11-3-4-12-28)14-21(31-25)22-18-13-17(26)9-10-20(18)27-23(22)29/h5-10,13-14H,3-4,11-12H2,1-2H3,(H,27,29). The quantitative estimate of drug-likeness (QED) is 0.724. The van der Waals surface area contributed by atoms with Crippen molar-refractivity contribution >= 4 is 28.6 Å². The molecule has 6 heteroatoms. The summed E-state index contributed by atoms with van der Waals surface area (Å²) >= 11 is 0. The number of carbonyl (C=O) groups is 2. The third kappa shape index (κ3) is 3.32. The maximum atomic E-state index is 13.8. The van der Waals surface area contributed by atoms with Gasteiger partial charge in [0, 0.05) is 35.5 Å². The molecule has 158 valence electrons. The second kappa shape index (κ2) is 7.08. The van der Waals surface area contributed by atoms with Crippen LogP contribution in [0.2, 0.25) is 0 Å². The van der Waals surface area contributed by atoms with Gasteiger partial charge in [0.2, 0.25) is 0 Å².